The van der Waals surface area contributed by atoms with Crippen molar-refractivity contribution in [2.75, 3.05) is 4.90 Å². The molecule has 0 unspecified atom stereocenters. The van der Waals surface area contributed by atoms with Crippen LogP contribution in [0.15, 0.2) is 247 Å². The van der Waals surface area contributed by atoms with Crippen LogP contribution in [0.1, 0.15) is 0 Å². The Balaban J connectivity index is 0.916. The van der Waals surface area contributed by atoms with Crippen LogP contribution in [0.3, 0.4) is 0 Å². The van der Waals surface area contributed by atoms with E-state index in [9.17, 15) is 0 Å². The van der Waals surface area contributed by atoms with Gasteiger partial charge in [0, 0.05) is 44.3 Å². The lowest BCUT2D eigenvalue weighted by atomic mass is 9.98. The maximum Gasteiger partial charge on any atom is 0.135 e. The van der Waals surface area contributed by atoms with E-state index in [4.69, 9.17) is 4.42 Å². The molecule has 12 rings (SSSR count). The quantitative estimate of drug-likeness (QED) is 0.153. The van der Waals surface area contributed by atoms with Crippen LogP contribution in [0.5, 0.6) is 0 Å². The van der Waals surface area contributed by atoms with Gasteiger partial charge in [-0.3, -0.25) is 0 Å². The fourth-order valence-corrected chi connectivity index (χ4v) is 9.28. The van der Waals surface area contributed by atoms with Crippen LogP contribution in [-0.2, 0) is 0 Å². The normalized spacial score (nSPS) is 11.5. The Hall–Kier alpha value is -8.40. The number of rotatable bonds is 8. The molecule has 3 heteroatoms. The second-order valence-corrected chi connectivity index (χ2v) is 16.2. The molecule has 0 N–H and O–H groups in total. The summed E-state index contributed by atoms with van der Waals surface area (Å²) in [7, 11) is 0. The molecule has 0 aliphatic rings. The Morgan fingerprint density at radius 3 is 1.33 bits per heavy atom. The Bertz CT molecular complexity index is 3580. The summed E-state index contributed by atoms with van der Waals surface area (Å²) in [6, 6.07) is 87.2. The Morgan fingerprint density at radius 2 is 0.698 bits per heavy atom. The average molecular weight is 805 g/mol. The Morgan fingerprint density at radius 1 is 0.270 bits per heavy atom. The summed E-state index contributed by atoms with van der Waals surface area (Å²) in [5, 5.41) is 4.75. The van der Waals surface area contributed by atoms with Crippen LogP contribution in [0.25, 0.3) is 93.9 Å². The Labute approximate surface area is 366 Å². The van der Waals surface area contributed by atoms with Gasteiger partial charge in [-0.25, -0.2) is 0 Å². The maximum absolute atomic E-state index is 6.14. The standard InChI is InChI=1S/C60H40N2O/c1-3-12-41(13-4-1)45-14-11-15-46(38-45)42-22-30-50(31-23-42)61(52-34-26-44(27-35-52)48-29-37-60-56(40-48)54-19-8-10-21-59(54)63-60)51-32-24-43(25-33-51)47-28-36-58-55(39-47)53-18-7-9-20-57(53)62(58)49-16-5-2-6-17-49/h1-40H. The van der Waals surface area contributed by atoms with Crippen molar-refractivity contribution in [2.24, 2.45) is 0 Å². The molecule has 0 spiro atoms. The van der Waals surface area contributed by atoms with Gasteiger partial charge in [0.1, 0.15) is 11.2 Å². The zero-order chi connectivity index (χ0) is 41.7. The zero-order valence-electron chi connectivity index (χ0n) is 34.4. The maximum atomic E-state index is 6.14. The molecule has 0 fully saturated rings. The smallest absolute Gasteiger partial charge is 0.135 e. The summed E-state index contributed by atoms with van der Waals surface area (Å²) < 4.78 is 8.50. The molecule has 63 heavy (non-hydrogen) atoms. The van der Waals surface area contributed by atoms with E-state index < -0.39 is 0 Å². The molecular weight excluding hydrogens is 765 g/mol. The molecule has 0 saturated heterocycles. The van der Waals surface area contributed by atoms with Crippen molar-refractivity contribution in [2.45, 2.75) is 0 Å². The summed E-state index contributed by atoms with van der Waals surface area (Å²) in [4.78, 5) is 2.35. The highest BCUT2D eigenvalue weighted by atomic mass is 16.3. The molecule has 0 aliphatic carbocycles. The van der Waals surface area contributed by atoms with Crippen LogP contribution < -0.4 is 4.90 Å². The van der Waals surface area contributed by atoms with Crippen molar-refractivity contribution in [3.8, 4) is 50.2 Å². The lowest BCUT2D eigenvalue weighted by Crippen LogP contribution is -2.09. The van der Waals surface area contributed by atoms with E-state index in [0.717, 1.165) is 55.8 Å². The van der Waals surface area contributed by atoms with E-state index in [-0.39, 0.29) is 0 Å². The van der Waals surface area contributed by atoms with Gasteiger partial charge in [0.15, 0.2) is 0 Å². The van der Waals surface area contributed by atoms with Crippen LogP contribution in [0, 0.1) is 0 Å². The first-order valence-electron chi connectivity index (χ1n) is 21.5. The van der Waals surface area contributed by atoms with Gasteiger partial charge in [-0.15, -0.1) is 0 Å². The van der Waals surface area contributed by atoms with E-state index in [1.807, 2.05) is 12.1 Å². The molecular formula is C60H40N2O. The molecule has 0 radical (unpaired) electrons. The van der Waals surface area contributed by atoms with Gasteiger partial charge < -0.3 is 13.9 Å². The van der Waals surface area contributed by atoms with Crippen molar-refractivity contribution >= 4 is 60.8 Å². The van der Waals surface area contributed by atoms with Crippen molar-refractivity contribution in [1.29, 1.82) is 0 Å². The molecule has 0 amide bonds. The number of fused-ring (bicyclic) bond motifs is 6. The number of nitrogens with zero attached hydrogens (tertiary/aromatic N) is 2. The second-order valence-electron chi connectivity index (χ2n) is 16.2. The number of para-hydroxylation sites is 3. The van der Waals surface area contributed by atoms with Gasteiger partial charge in [0.2, 0.25) is 0 Å². The van der Waals surface area contributed by atoms with Crippen molar-refractivity contribution in [3.05, 3.63) is 243 Å². The van der Waals surface area contributed by atoms with E-state index in [1.54, 1.807) is 0 Å². The monoisotopic (exact) mass is 804 g/mol. The average Bonchev–Trinajstić information content (AvgIpc) is 3.90. The van der Waals surface area contributed by atoms with Gasteiger partial charge in [0.25, 0.3) is 0 Å². The molecule has 0 aliphatic heterocycles. The van der Waals surface area contributed by atoms with Gasteiger partial charge in [-0.05, 0) is 136 Å². The number of furan rings is 1. The fraction of sp³-hybridized carbons (Fsp3) is 0. The molecule has 12 aromatic rings. The number of hydrogen-bond donors (Lipinski definition) is 0. The van der Waals surface area contributed by atoms with Crippen LogP contribution in [0.4, 0.5) is 17.1 Å². The summed E-state index contributed by atoms with van der Waals surface area (Å²) in [5.41, 5.74) is 18.1. The molecule has 0 saturated carbocycles. The van der Waals surface area contributed by atoms with Crippen molar-refractivity contribution < 1.29 is 4.42 Å². The van der Waals surface area contributed by atoms with Crippen molar-refractivity contribution in [3.63, 3.8) is 0 Å². The molecule has 2 heterocycles. The van der Waals surface area contributed by atoms with E-state index >= 15 is 0 Å². The predicted octanol–water partition coefficient (Wildman–Crippen LogP) is 16.8. The molecule has 3 nitrogen and oxygen atoms in total. The molecule has 296 valence electrons. The summed E-state index contributed by atoms with van der Waals surface area (Å²) >= 11 is 0. The lowest BCUT2D eigenvalue weighted by molar-refractivity contribution is 0.669. The van der Waals surface area contributed by atoms with Gasteiger partial charge in [-0.1, -0.05) is 152 Å². The third kappa shape index (κ3) is 6.55. The fourth-order valence-electron chi connectivity index (χ4n) is 9.28. The minimum absolute atomic E-state index is 0.903. The molecule has 2 aromatic heterocycles. The van der Waals surface area contributed by atoms with E-state index in [1.165, 1.54) is 55.2 Å². The number of hydrogen-bond acceptors (Lipinski definition) is 2. The lowest BCUT2D eigenvalue weighted by Gasteiger charge is -2.26. The first-order valence-corrected chi connectivity index (χ1v) is 21.5. The van der Waals surface area contributed by atoms with Gasteiger partial charge in [-0.2, -0.15) is 0 Å². The summed E-state index contributed by atoms with van der Waals surface area (Å²) in [6.07, 6.45) is 0. The number of benzene rings is 10. The minimum Gasteiger partial charge on any atom is -0.456 e. The van der Waals surface area contributed by atoms with Crippen LogP contribution in [-0.4, -0.2) is 4.57 Å². The highest BCUT2D eigenvalue weighted by molar-refractivity contribution is 6.10. The largest absolute Gasteiger partial charge is 0.456 e. The summed E-state index contributed by atoms with van der Waals surface area (Å²) in [5.74, 6) is 0. The second kappa shape index (κ2) is 15.3. The first-order chi connectivity index (χ1) is 31.2. The first kappa shape index (κ1) is 36.5. The van der Waals surface area contributed by atoms with Crippen molar-refractivity contribution in [1.82, 2.24) is 4.57 Å². The van der Waals surface area contributed by atoms with Gasteiger partial charge in [0.05, 0.1) is 11.0 Å². The predicted molar refractivity (Wildman–Crippen MR) is 264 cm³/mol. The number of aromatic nitrogens is 1. The molecule has 0 atom stereocenters. The topological polar surface area (TPSA) is 21.3 Å². The van der Waals surface area contributed by atoms with Crippen LogP contribution in [0.2, 0.25) is 0 Å². The number of anilines is 3. The third-order valence-corrected chi connectivity index (χ3v) is 12.4. The minimum atomic E-state index is 0.903. The van der Waals surface area contributed by atoms with E-state index in [2.05, 4.69) is 240 Å². The van der Waals surface area contributed by atoms with Gasteiger partial charge >= 0.3 is 0 Å². The van der Waals surface area contributed by atoms with Crippen LogP contribution >= 0.6 is 0 Å². The Kier molecular flexibility index (Phi) is 8.83. The summed E-state index contributed by atoms with van der Waals surface area (Å²) in [6.45, 7) is 0. The highest BCUT2D eigenvalue weighted by Crippen LogP contribution is 2.40. The molecule has 0 bridgehead atoms. The SMILES string of the molecule is c1ccc(-c2cccc(-c3ccc(N(c4ccc(-c5ccc6oc7ccccc7c6c5)cc4)c4ccc(-c5ccc6c(c5)c5ccccc5n6-c5ccccc5)cc4)cc3)c2)cc1. The molecule has 10 aromatic carbocycles. The highest BCUT2D eigenvalue weighted by Gasteiger charge is 2.17. The third-order valence-electron chi connectivity index (χ3n) is 12.4. The van der Waals surface area contributed by atoms with E-state index in [0.29, 0.717) is 0 Å². The zero-order valence-corrected chi connectivity index (χ0v) is 34.4.